The zero-order valence-corrected chi connectivity index (χ0v) is 23.2. The molecule has 0 radical (unpaired) electrons. The van der Waals surface area contributed by atoms with Crippen molar-refractivity contribution >= 4 is 85.8 Å². The van der Waals surface area contributed by atoms with Gasteiger partial charge in [0, 0.05) is 41.9 Å². The third-order valence-corrected chi connectivity index (χ3v) is 9.86. The van der Waals surface area contributed by atoms with Crippen LogP contribution in [0, 0.1) is 0 Å². The smallest absolute Gasteiger partial charge is 0.235 e. The highest BCUT2D eigenvalue weighted by atomic mass is 32.1. The van der Waals surface area contributed by atoms with Gasteiger partial charge in [-0.15, -0.1) is 11.3 Å². The van der Waals surface area contributed by atoms with Crippen LogP contribution in [0.15, 0.2) is 127 Å². The van der Waals surface area contributed by atoms with Crippen LogP contribution in [0.1, 0.15) is 0 Å². The Hall–Kier alpha value is -5.32. The van der Waals surface area contributed by atoms with Crippen molar-refractivity contribution in [1.82, 2.24) is 14.5 Å². The second kappa shape index (κ2) is 8.12. The minimum absolute atomic E-state index is 0.693. The first-order chi connectivity index (χ1) is 20.8. The normalized spacial score (nSPS) is 12.3. The van der Waals surface area contributed by atoms with E-state index in [0.717, 1.165) is 33.2 Å². The average Bonchev–Trinajstić information content (AvgIpc) is 3.30. The van der Waals surface area contributed by atoms with E-state index in [1.165, 1.54) is 52.5 Å². The van der Waals surface area contributed by atoms with Crippen LogP contribution < -0.4 is 0 Å². The van der Waals surface area contributed by atoms with Crippen molar-refractivity contribution in [3.05, 3.63) is 127 Å². The summed E-state index contributed by atoms with van der Waals surface area (Å²) >= 11 is 1.87. The standard InChI is InChI=1S/C38H21N3S/c1-2-8-25-21-26(16-15-22(25)7-1)37-27-11-3-4-12-28(27)39-38(40-37)41-29-19-17-23-9-5-13-31-33(23)35(29)36-30(41)20-18-24-10-6-14-32(42-31)34(24)36/h1-21H. The summed E-state index contributed by atoms with van der Waals surface area (Å²) in [5, 5.41) is 11.2. The van der Waals surface area contributed by atoms with Crippen LogP contribution in [0.5, 0.6) is 0 Å². The molecule has 3 aromatic heterocycles. The summed E-state index contributed by atoms with van der Waals surface area (Å²) in [6.07, 6.45) is 0. The second-order valence-corrected chi connectivity index (χ2v) is 12.1. The Labute approximate surface area is 244 Å². The molecule has 3 heterocycles. The topological polar surface area (TPSA) is 30.7 Å². The highest BCUT2D eigenvalue weighted by Gasteiger charge is 2.22. The summed E-state index contributed by atoms with van der Waals surface area (Å²) < 4.78 is 4.86. The lowest BCUT2D eigenvalue weighted by Gasteiger charge is -2.13. The largest absolute Gasteiger partial charge is 0.278 e. The third kappa shape index (κ3) is 2.94. The van der Waals surface area contributed by atoms with Gasteiger partial charge in [-0.05, 0) is 57.9 Å². The molecule has 0 aliphatic heterocycles. The number of para-hydroxylation sites is 1. The second-order valence-electron chi connectivity index (χ2n) is 11.0. The van der Waals surface area contributed by atoms with Gasteiger partial charge in [-0.3, -0.25) is 4.57 Å². The summed E-state index contributed by atoms with van der Waals surface area (Å²) in [5.41, 5.74) is 5.24. The fraction of sp³-hybridized carbons (Fsp3) is 0. The van der Waals surface area contributed by atoms with E-state index in [1.54, 1.807) is 0 Å². The van der Waals surface area contributed by atoms with Crippen LogP contribution in [0.2, 0.25) is 0 Å². The van der Waals surface area contributed by atoms with Crippen LogP contribution >= 0.6 is 11.3 Å². The summed E-state index contributed by atoms with van der Waals surface area (Å²) in [5.74, 6) is 0.693. The lowest BCUT2D eigenvalue weighted by molar-refractivity contribution is 1.01. The van der Waals surface area contributed by atoms with Gasteiger partial charge in [0.05, 0.1) is 22.2 Å². The summed E-state index contributed by atoms with van der Waals surface area (Å²) in [4.78, 5) is 10.6. The fourth-order valence-corrected chi connectivity index (χ4v) is 8.08. The van der Waals surface area contributed by atoms with Gasteiger partial charge in [0.25, 0.3) is 0 Å². The molecule has 0 bridgehead atoms. The molecule has 0 saturated heterocycles. The fourth-order valence-electron chi connectivity index (χ4n) is 6.90. The Kier molecular flexibility index (Phi) is 4.33. The van der Waals surface area contributed by atoms with E-state index in [9.17, 15) is 0 Å². The third-order valence-electron chi connectivity index (χ3n) is 8.74. The van der Waals surface area contributed by atoms with Gasteiger partial charge >= 0.3 is 0 Å². The first-order valence-electron chi connectivity index (χ1n) is 14.2. The molecular formula is C38H21N3S. The van der Waals surface area contributed by atoms with E-state index < -0.39 is 0 Å². The van der Waals surface area contributed by atoms with Crippen molar-refractivity contribution < 1.29 is 0 Å². The molecule has 3 nitrogen and oxygen atoms in total. The van der Waals surface area contributed by atoms with E-state index in [1.807, 2.05) is 11.3 Å². The number of benzene rings is 7. The van der Waals surface area contributed by atoms with Gasteiger partial charge < -0.3 is 0 Å². The molecule has 42 heavy (non-hydrogen) atoms. The zero-order chi connectivity index (χ0) is 27.4. The van der Waals surface area contributed by atoms with Gasteiger partial charge in [-0.1, -0.05) is 91.0 Å². The molecule has 10 rings (SSSR count). The van der Waals surface area contributed by atoms with E-state index in [0.29, 0.717) is 5.95 Å². The van der Waals surface area contributed by atoms with Crippen LogP contribution in [0.4, 0.5) is 0 Å². The van der Waals surface area contributed by atoms with E-state index >= 15 is 0 Å². The molecule has 0 amide bonds. The maximum atomic E-state index is 5.36. The number of hydrogen-bond donors (Lipinski definition) is 0. The van der Waals surface area contributed by atoms with Gasteiger partial charge in [0.15, 0.2) is 0 Å². The van der Waals surface area contributed by atoms with Crippen molar-refractivity contribution in [3.8, 4) is 17.2 Å². The number of fused-ring (bicyclic) bond motifs is 2. The Morgan fingerprint density at radius 2 is 1.10 bits per heavy atom. The monoisotopic (exact) mass is 551 g/mol. The summed E-state index contributed by atoms with van der Waals surface area (Å²) in [6.45, 7) is 0. The molecule has 0 saturated carbocycles. The average molecular weight is 552 g/mol. The maximum absolute atomic E-state index is 5.36. The Morgan fingerprint density at radius 1 is 0.476 bits per heavy atom. The van der Waals surface area contributed by atoms with Crippen molar-refractivity contribution in [3.63, 3.8) is 0 Å². The van der Waals surface area contributed by atoms with Gasteiger partial charge in [-0.25, -0.2) is 9.97 Å². The molecule has 0 aliphatic carbocycles. The Morgan fingerprint density at radius 3 is 1.83 bits per heavy atom. The SMILES string of the molecule is c1ccc2cc(-c3nc(-n4c5ccc6cccc7sc8cccc9ccc4c(c98)c5c67)nc4ccccc34)ccc2c1. The number of rotatable bonds is 2. The molecule has 10 aromatic rings. The first kappa shape index (κ1) is 22.4. The minimum atomic E-state index is 0.693. The molecule has 0 aliphatic rings. The maximum Gasteiger partial charge on any atom is 0.235 e. The minimum Gasteiger partial charge on any atom is -0.278 e. The predicted octanol–water partition coefficient (Wildman–Crippen LogP) is 10.5. The number of hydrogen-bond acceptors (Lipinski definition) is 3. The highest BCUT2D eigenvalue weighted by molar-refractivity contribution is 7.24. The van der Waals surface area contributed by atoms with Gasteiger partial charge in [0.2, 0.25) is 5.95 Å². The number of aromatic nitrogens is 3. The van der Waals surface area contributed by atoms with Crippen molar-refractivity contribution in [2.75, 3.05) is 0 Å². The first-order valence-corrected chi connectivity index (χ1v) is 15.0. The Bertz CT molecular complexity index is 2590. The summed E-state index contributed by atoms with van der Waals surface area (Å²) in [6, 6.07) is 45.8. The lowest BCUT2D eigenvalue weighted by atomic mass is 10.00. The molecule has 7 aromatic carbocycles. The van der Waals surface area contributed by atoms with Crippen molar-refractivity contribution in [2.45, 2.75) is 0 Å². The highest BCUT2D eigenvalue weighted by Crippen LogP contribution is 2.46. The molecule has 4 heteroatoms. The zero-order valence-electron chi connectivity index (χ0n) is 22.4. The quantitative estimate of drug-likeness (QED) is 0.214. The van der Waals surface area contributed by atoms with E-state index in [2.05, 4.69) is 132 Å². The molecule has 0 spiro atoms. The van der Waals surface area contributed by atoms with Crippen molar-refractivity contribution in [1.29, 1.82) is 0 Å². The van der Waals surface area contributed by atoms with Crippen LogP contribution in [-0.4, -0.2) is 14.5 Å². The molecule has 194 valence electrons. The van der Waals surface area contributed by atoms with E-state index in [-0.39, 0.29) is 0 Å². The van der Waals surface area contributed by atoms with Crippen LogP contribution in [0.3, 0.4) is 0 Å². The van der Waals surface area contributed by atoms with Gasteiger partial charge in [0.1, 0.15) is 0 Å². The van der Waals surface area contributed by atoms with E-state index in [4.69, 9.17) is 9.97 Å². The van der Waals surface area contributed by atoms with Crippen LogP contribution in [-0.2, 0) is 0 Å². The predicted molar refractivity (Wildman–Crippen MR) is 178 cm³/mol. The van der Waals surface area contributed by atoms with Crippen LogP contribution in [0.25, 0.3) is 91.6 Å². The molecule has 0 unspecified atom stereocenters. The Balaban J connectivity index is 1.39. The lowest BCUT2D eigenvalue weighted by Crippen LogP contribution is -2.03. The molecule has 0 atom stereocenters. The van der Waals surface area contributed by atoms with Crippen molar-refractivity contribution in [2.24, 2.45) is 0 Å². The number of nitrogens with zero attached hydrogens (tertiary/aromatic N) is 3. The van der Waals surface area contributed by atoms with Gasteiger partial charge in [-0.2, -0.15) is 0 Å². The molecule has 0 fully saturated rings. The molecule has 0 N–H and O–H groups in total. The summed E-state index contributed by atoms with van der Waals surface area (Å²) in [7, 11) is 0. The molecular weight excluding hydrogens is 531 g/mol.